The summed E-state index contributed by atoms with van der Waals surface area (Å²) in [6, 6.07) is 5.52. The number of nitrogens with zero attached hydrogens (tertiary/aromatic N) is 1. The summed E-state index contributed by atoms with van der Waals surface area (Å²) in [7, 11) is 0. The number of amidine groups is 1. The van der Waals surface area contributed by atoms with Crippen LogP contribution in [0.25, 0.3) is 0 Å². The summed E-state index contributed by atoms with van der Waals surface area (Å²) in [4.78, 5) is 2.30. The van der Waals surface area contributed by atoms with Gasteiger partial charge in [0.1, 0.15) is 11.7 Å². The smallest absolute Gasteiger partial charge is 0.136 e. The maximum atomic E-state index is 14.0. The van der Waals surface area contributed by atoms with Crippen molar-refractivity contribution in [3.63, 3.8) is 0 Å². The Balaban J connectivity index is 1.95. The topological polar surface area (TPSA) is 53.1 Å². The molecule has 20 heavy (non-hydrogen) atoms. The molecule has 0 radical (unpaired) electrons. The number of rotatable bonds is 3. The van der Waals surface area contributed by atoms with Crippen LogP contribution in [0.3, 0.4) is 0 Å². The predicted octanol–water partition coefficient (Wildman–Crippen LogP) is 3.27. The highest BCUT2D eigenvalue weighted by Gasteiger charge is 2.34. The van der Waals surface area contributed by atoms with Crippen molar-refractivity contribution in [2.75, 3.05) is 11.4 Å². The Kier molecular flexibility index (Phi) is 3.64. The Morgan fingerprint density at radius 3 is 2.65 bits per heavy atom. The van der Waals surface area contributed by atoms with E-state index < -0.39 is 0 Å². The van der Waals surface area contributed by atoms with E-state index in [1.165, 1.54) is 38.2 Å². The van der Waals surface area contributed by atoms with E-state index in [0.717, 1.165) is 24.6 Å². The van der Waals surface area contributed by atoms with Gasteiger partial charge in [-0.05, 0) is 43.7 Å². The molecular weight excluding hydrogens is 253 g/mol. The van der Waals surface area contributed by atoms with Crippen LogP contribution in [0.2, 0.25) is 0 Å². The van der Waals surface area contributed by atoms with Crippen molar-refractivity contribution in [2.24, 2.45) is 11.7 Å². The number of hydrogen-bond acceptors (Lipinski definition) is 2. The molecule has 3 rings (SSSR count). The summed E-state index contributed by atoms with van der Waals surface area (Å²) in [6.07, 6.45) is 7.53. The molecule has 4 heteroatoms. The number of halogens is 1. The molecule has 1 saturated heterocycles. The SMILES string of the molecule is N=C(N)c1c(F)cccc1N1CCCC1C1CCCC1. The van der Waals surface area contributed by atoms with E-state index in [4.69, 9.17) is 11.1 Å². The van der Waals surface area contributed by atoms with Crippen LogP contribution in [-0.4, -0.2) is 18.4 Å². The molecule has 1 atom stereocenters. The first-order valence-corrected chi connectivity index (χ1v) is 7.58. The normalized spacial score (nSPS) is 23.4. The highest BCUT2D eigenvalue weighted by atomic mass is 19.1. The third-order valence-electron chi connectivity index (χ3n) is 4.81. The molecule has 1 aromatic rings. The largest absolute Gasteiger partial charge is 0.384 e. The summed E-state index contributed by atoms with van der Waals surface area (Å²) < 4.78 is 14.0. The number of hydrogen-bond donors (Lipinski definition) is 2. The van der Waals surface area contributed by atoms with Crippen molar-refractivity contribution in [3.05, 3.63) is 29.6 Å². The lowest BCUT2D eigenvalue weighted by molar-refractivity contribution is 0.430. The highest BCUT2D eigenvalue weighted by Crippen LogP contribution is 2.39. The Morgan fingerprint density at radius 1 is 1.20 bits per heavy atom. The van der Waals surface area contributed by atoms with Crippen LogP contribution in [-0.2, 0) is 0 Å². The summed E-state index contributed by atoms with van der Waals surface area (Å²) in [5, 5.41) is 7.67. The number of nitrogen functional groups attached to an aromatic ring is 1. The molecule has 0 amide bonds. The van der Waals surface area contributed by atoms with Gasteiger partial charge in [0.05, 0.1) is 11.3 Å². The molecular formula is C16H22FN3. The zero-order chi connectivity index (χ0) is 14.1. The molecule has 2 aliphatic rings. The summed E-state index contributed by atoms with van der Waals surface area (Å²) in [5.41, 5.74) is 6.69. The summed E-state index contributed by atoms with van der Waals surface area (Å²) >= 11 is 0. The lowest BCUT2D eigenvalue weighted by atomic mass is 9.95. The van der Waals surface area contributed by atoms with Crippen molar-refractivity contribution in [1.29, 1.82) is 5.41 Å². The van der Waals surface area contributed by atoms with Crippen LogP contribution in [0.4, 0.5) is 10.1 Å². The van der Waals surface area contributed by atoms with E-state index in [1.807, 2.05) is 6.07 Å². The van der Waals surface area contributed by atoms with Crippen molar-refractivity contribution in [3.8, 4) is 0 Å². The average molecular weight is 275 g/mol. The van der Waals surface area contributed by atoms with Gasteiger partial charge >= 0.3 is 0 Å². The summed E-state index contributed by atoms with van der Waals surface area (Å²) in [6.45, 7) is 0.949. The molecule has 3 N–H and O–H groups in total. The first-order valence-electron chi connectivity index (χ1n) is 7.58. The van der Waals surface area contributed by atoms with Crippen LogP contribution in [0.1, 0.15) is 44.1 Å². The van der Waals surface area contributed by atoms with Gasteiger partial charge in [0.15, 0.2) is 0 Å². The quantitative estimate of drug-likeness (QED) is 0.657. The van der Waals surface area contributed by atoms with Crippen LogP contribution >= 0.6 is 0 Å². The van der Waals surface area contributed by atoms with Gasteiger partial charge in [-0.2, -0.15) is 0 Å². The molecule has 1 aromatic carbocycles. The minimum absolute atomic E-state index is 0.171. The van der Waals surface area contributed by atoms with Crippen molar-refractivity contribution >= 4 is 11.5 Å². The lowest BCUT2D eigenvalue weighted by Crippen LogP contribution is -2.36. The number of nitrogens with two attached hydrogens (primary N) is 1. The standard InChI is InChI=1S/C16H22FN3/c17-12-7-3-8-14(15(12)16(18)19)20-10-4-9-13(20)11-5-1-2-6-11/h3,7-8,11,13H,1-2,4-6,9-10H2,(H3,18,19). The van der Waals surface area contributed by atoms with Gasteiger partial charge in [0.2, 0.25) is 0 Å². The second-order valence-electron chi connectivity index (χ2n) is 6.00. The van der Waals surface area contributed by atoms with Gasteiger partial charge in [-0.25, -0.2) is 4.39 Å². The monoisotopic (exact) mass is 275 g/mol. The molecule has 1 aliphatic heterocycles. The number of nitrogens with one attached hydrogen (secondary N) is 1. The second kappa shape index (κ2) is 5.43. The molecule has 0 bridgehead atoms. The maximum absolute atomic E-state index is 14.0. The zero-order valence-electron chi connectivity index (χ0n) is 11.7. The highest BCUT2D eigenvalue weighted by molar-refractivity contribution is 6.00. The Hall–Kier alpha value is -1.58. The van der Waals surface area contributed by atoms with Crippen LogP contribution in [0.15, 0.2) is 18.2 Å². The first-order chi connectivity index (χ1) is 9.68. The Morgan fingerprint density at radius 2 is 1.95 bits per heavy atom. The number of anilines is 1. The first kappa shape index (κ1) is 13.4. The average Bonchev–Trinajstić information content (AvgIpc) is 3.08. The van der Waals surface area contributed by atoms with Crippen LogP contribution in [0.5, 0.6) is 0 Å². The molecule has 3 nitrogen and oxygen atoms in total. The molecule has 108 valence electrons. The van der Waals surface area contributed by atoms with Gasteiger partial charge in [0.25, 0.3) is 0 Å². The van der Waals surface area contributed by atoms with E-state index in [0.29, 0.717) is 6.04 Å². The van der Waals surface area contributed by atoms with Crippen molar-refractivity contribution < 1.29 is 4.39 Å². The van der Waals surface area contributed by atoms with Gasteiger partial charge in [-0.3, -0.25) is 5.41 Å². The van der Waals surface area contributed by atoms with E-state index >= 15 is 0 Å². The Labute approximate surface area is 119 Å². The molecule has 1 saturated carbocycles. The van der Waals surface area contributed by atoms with E-state index in [2.05, 4.69) is 4.90 Å². The molecule has 0 aromatic heterocycles. The molecule has 1 unspecified atom stereocenters. The van der Waals surface area contributed by atoms with E-state index in [-0.39, 0.29) is 17.2 Å². The molecule has 0 spiro atoms. The van der Waals surface area contributed by atoms with E-state index in [9.17, 15) is 4.39 Å². The zero-order valence-corrected chi connectivity index (χ0v) is 11.7. The molecule has 2 fully saturated rings. The van der Waals surface area contributed by atoms with Crippen LogP contribution < -0.4 is 10.6 Å². The third kappa shape index (κ3) is 2.28. The second-order valence-corrected chi connectivity index (χ2v) is 6.00. The minimum Gasteiger partial charge on any atom is -0.384 e. The summed E-state index contributed by atoms with van der Waals surface area (Å²) in [5.74, 6) is 0.169. The van der Waals surface area contributed by atoms with Gasteiger partial charge in [-0.1, -0.05) is 18.9 Å². The lowest BCUT2D eigenvalue weighted by Gasteiger charge is -2.32. The van der Waals surface area contributed by atoms with Crippen molar-refractivity contribution in [1.82, 2.24) is 0 Å². The van der Waals surface area contributed by atoms with Crippen molar-refractivity contribution in [2.45, 2.75) is 44.6 Å². The third-order valence-corrected chi connectivity index (χ3v) is 4.81. The Bertz CT molecular complexity index is 508. The fourth-order valence-electron chi connectivity index (χ4n) is 3.94. The van der Waals surface area contributed by atoms with E-state index in [1.54, 1.807) is 6.07 Å². The number of benzene rings is 1. The molecule has 1 aliphatic carbocycles. The fourth-order valence-corrected chi connectivity index (χ4v) is 3.94. The van der Waals surface area contributed by atoms with Gasteiger partial charge < -0.3 is 10.6 Å². The minimum atomic E-state index is -0.382. The maximum Gasteiger partial charge on any atom is 0.136 e. The fraction of sp³-hybridized carbons (Fsp3) is 0.562. The van der Waals surface area contributed by atoms with Crippen LogP contribution in [0, 0.1) is 17.1 Å². The van der Waals surface area contributed by atoms with Gasteiger partial charge in [-0.15, -0.1) is 0 Å². The predicted molar refractivity (Wildman–Crippen MR) is 79.7 cm³/mol. The van der Waals surface area contributed by atoms with Gasteiger partial charge in [0, 0.05) is 12.6 Å². The molecule has 1 heterocycles.